The Bertz CT molecular complexity index is 886. The molecule has 0 aliphatic rings. The van der Waals surface area contributed by atoms with Crippen LogP contribution >= 0.6 is 11.6 Å². The van der Waals surface area contributed by atoms with E-state index in [2.05, 4.69) is 10.3 Å². The summed E-state index contributed by atoms with van der Waals surface area (Å²) in [5.74, 6) is -0.542. The standard InChI is InChI=1S/C16H10ClF3N2O/c17-12-5-4-10(16(18,19)20)8-13(12)22-15(23)11-3-1-2-9-6-7-21-14(9)11/h1-8,21H,(H,22,23). The molecule has 1 amide bonds. The summed E-state index contributed by atoms with van der Waals surface area (Å²) in [6, 6.07) is 9.67. The Hall–Kier alpha value is -2.47. The third-order valence-electron chi connectivity index (χ3n) is 3.37. The molecule has 7 heteroatoms. The number of aromatic nitrogens is 1. The lowest BCUT2D eigenvalue weighted by Crippen LogP contribution is -2.14. The van der Waals surface area contributed by atoms with E-state index in [9.17, 15) is 18.0 Å². The molecule has 118 valence electrons. The first-order valence-corrected chi connectivity index (χ1v) is 6.98. The topological polar surface area (TPSA) is 44.9 Å². The van der Waals surface area contributed by atoms with Gasteiger partial charge in [-0.1, -0.05) is 23.7 Å². The minimum atomic E-state index is -4.51. The molecule has 0 radical (unpaired) electrons. The second-order valence-electron chi connectivity index (χ2n) is 4.89. The molecule has 1 heterocycles. The molecule has 0 spiro atoms. The van der Waals surface area contributed by atoms with E-state index in [1.807, 2.05) is 6.07 Å². The molecular formula is C16H10ClF3N2O. The molecule has 1 aromatic heterocycles. The summed E-state index contributed by atoms with van der Waals surface area (Å²) in [6.45, 7) is 0. The van der Waals surface area contributed by atoms with Crippen molar-refractivity contribution in [2.75, 3.05) is 5.32 Å². The first kappa shape index (κ1) is 15.4. The molecule has 23 heavy (non-hydrogen) atoms. The normalized spacial score (nSPS) is 11.7. The van der Waals surface area contributed by atoms with Crippen LogP contribution in [-0.4, -0.2) is 10.9 Å². The lowest BCUT2D eigenvalue weighted by molar-refractivity contribution is -0.137. The number of para-hydroxylation sites is 1. The van der Waals surface area contributed by atoms with Crippen molar-refractivity contribution in [3.8, 4) is 0 Å². The van der Waals surface area contributed by atoms with Crippen LogP contribution in [0.15, 0.2) is 48.7 Å². The summed E-state index contributed by atoms with van der Waals surface area (Å²) in [5.41, 5.74) is -0.0422. The number of rotatable bonds is 2. The molecule has 0 bridgehead atoms. The molecule has 0 unspecified atom stereocenters. The third kappa shape index (κ3) is 3.03. The largest absolute Gasteiger partial charge is 0.416 e. The van der Waals surface area contributed by atoms with Crippen LogP contribution in [0.4, 0.5) is 18.9 Å². The minimum absolute atomic E-state index is 0.0324. The number of fused-ring (bicyclic) bond motifs is 1. The van der Waals surface area contributed by atoms with Crippen LogP contribution in [0.3, 0.4) is 0 Å². The SMILES string of the molecule is O=C(Nc1cc(C(F)(F)F)ccc1Cl)c1cccc2cc[nH]c12. The number of anilines is 1. The van der Waals surface area contributed by atoms with Gasteiger partial charge in [-0.3, -0.25) is 4.79 Å². The average Bonchev–Trinajstić information content (AvgIpc) is 2.96. The highest BCUT2D eigenvalue weighted by Crippen LogP contribution is 2.34. The zero-order chi connectivity index (χ0) is 16.6. The second kappa shape index (κ2) is 5.62. The first-order chi connectivity index (χ1) is 10.9. The van der Waals surface area contributed by atoms with Gasteiger partial charge < -0.3 is 10.3 Å². The van der Waals surface area contributed by atoms with Crippen molar-refractivity contribution in [2.24, 2.45) is 0 Å². The number of benzene rings is 2. The van der Waals surface area contributed by atoms with E-state index in [0.717, 1.165) is 23.6 Å². The van der Waals surface area contributed by atoms with Gasteiger partial charge in [0.05, 0.1) is 27.4 Å². The van der Waals surface area contributed by atoms with Gasteiger partial charge in [0.2, 0.25) is 0 Å². The van der Waals surface area contributed by atoms with Crippen molar-refractivity contribution < 1.29 is 18.0 Å². The van der Waals surface area contributed by atoms with Crippen molar-refractivity contribution in [1.82, 2.24) is 4.98 Å². The number of H-pyrrole nitrogens is 1. The van der Waals surface area contributed by atoms with Crippen molar-refractivity contribution in [3.63, 3.8) is 0 Å². The predicted octanol–water partition coefficient (Wildman–Crippen LogP) is 5.09. The molecule has 0 aliphatic heterocycles. The van der Waals surface area contributed by atoms with Gasteiger partial charge >= 0.3 is 6.18 Å². The maximum atomic E-state index is 12.8. The van der Waals surface area contributed by atoms with E-state index in [1.54, 1.807) is 24.4 Å². The smallest absolute Gasteiger partial charge is 0.361 e. The fourth-order valence-corrected chi connectivity index (χ4v) is 2.43. The van der Waals surface area contributed by atoms with Gasteiger partial charge in [-0.05, 0) is 30.3 Å². The number of carbonyl (C=O) groups is 1. The van der Waals surface area contributed by atoms with Gasteiger partial charge in [-0.25, -0.2) is 0 Å². The quantitative estimate of drug-likeness (QED) is 0.671. The summed E-state index contributed by atoms with van der Waals surface area (Å²) in [7, 11) is 0. The fraction of sp³-hybridized carbons (Fsp3) is 0.0625. The van der Waals surface area contributed by atoms with E-state index < -0.39 is 17.6 Å². The Kier molecular flexibility index (Phi) is 3.77. The Balaban J connectivity index is 1.96. The van der Waals surface area contributed by atoms with Crippen LogP contribution in [0.25, 0.3) is 10.9 Å². The zero-order valence-corrected chi connectivity index (χ0v) is 12.3. The monoisotopic (exact) mass is 338 g/mol. The number of hydrogen-bond donors (Lipinski definition) is 2. The number of alkyl halides is 3. The number of amides is 1. The molecule has 3 nitrogen and oxygen atoms in total. The van der Waals surface area contributed by atoms with E-state index in [0.29, 0.717) is 11.1 Å². The van der Waals surface area contributed by atoms with E-state index >= 15 is 0 Å². The average molecular weight is 339 g/mol. The highest BCUT2D eigenvalue weighted by molar-refractivity contribution is 6.34. The van der Waals surface area contributed by atoms with Crippen molar-refractivity contribution in [1.29, 1.82) is 0 Å². The molecule has 2 aromatic carbocycles. The Morgan fingerprint density at radius 2 is 1.91 bits per heavy atom. The Morgan fingerprint density at radius 1 is 1.13 bits per heavy atom. The number of halogens is 4. The zero-order valence-electron chi connectivity index (χ0n) is 11.5. The lowest BCUT2D eigenvalue weighted by atomic mass is 10.1. The summed E-state index contributed by atoms with van der Waals surface area (Å²) >= 11 is 5.89. The fourth-order valence-electron chi connectivity index (χ4n) is 2.26. The van der Waals surface area contributed by atoms with Crippen LogP contribution < -0.4 is 5.32 Å². The van der Waals surface area contributed by atoms with Crippen LogP contribution in [0.1, 0.15) is 15.9 Å². The molecule has 0 fully saturated rings. The molecular weight excluding hydrogens is 329 g/mol. The van der Waals surface area contributed by atoms with E-state index in [-0.39, 0.29) is 10.7 Å². The number of carbonyl (C=O) groups excluding carboxylic acids is 1. The van der Waals surface area contributed by atoms with E-state index in [1.165, 1.54) is 0 Å². The molecule has 2 N–H and O–H groups in total. The van der Waals surface area contributed by atoms with Gasteiger partial charge in [0.1, 0.15) is 0 Å². The first-order valence-electron chi connectivity index (χ1n) is 6.60. The molecule has 3 aromatic rings. The van der Waals surface area contributed by atoms with E-state index in [4.69, 9.17) is 11.6 Å². The molecule has 0 aliphatic carbocycles. The maximum Gasteiger partial charge on any atom is 0.416 e. The van der Waals surface area contributed by atoms with Crippen LogP contribution in [0.5, 0.6) is 0 Å². The van der Waals surface area contributed by atoms with Crippen LogP contribution in [0, 0.1) is 0 Å². The van der Waals surface area contributed by atoms with Gasteiger partial charge in [0, 0.05) is 11.6 Å². The minimum Gasteiger partial charge on any atom is -0.361 e. The summed E-state index contributed by atoms with van der Waals surface area (Å²) in [4.78, 5) is 15.3. The predicted molar refractivity (Wildman–Crippen MR) is 82.7 cm³/mol. The number of aromatic amines is 1. The summed E-state index contributed by atoms with van der Waals surface area (Å²) < 4.78 is 38.3. The molecule has 3 rings (SSSR count). The highest BCUT2D eigenvalue weighted by Gasteiger charge is 2.31. The van der Waals surface area contributed by atoms with Crippen LogP contribution in [-0.2, 0) is 6.18 Å². The van der Waals surface area contributed by atoms with Crippen LogP contribution in [0.2, 0.25) is 5.02 Å². The van der Waals surface area contributed by atoms with Gasteiger partial charge in [-0.2, -0.15) is 13.2 Å². The third-order valence-corrected chi connectivity index (χ3v) is 3.70. The summed E-state index contributed by atoms with van der Waals surface area (Å²) in [6.07, 6.45) is -2.83. The number of nitrogens with one attached hydrogen (secondary N) is 2. The Labute approximate surface area is 134 Å². The van der Waals surface area contributed by atoms with Gasteiger partial charge in [0.15, 0.2) is 0 Å². The number of hydrogen-bond acceptors (Lipinski definition) is 1. The van der Waals surface area contributed by atoms with Crippen molar-refractivity contribution >= 4 is 34.1 Å². The molecule has 0 atom stereocenters. The summed E-state index contributed by atoms with van der Waals surface area (Å²) in [5, 5.41) is 3.29. The lowest BCUT2D eigenvalue weighted by Gasteiger charge is -2.12. The van der Waals surface area contributed by atoms with Gasteiger partial charge in [-0.15, -0.1) is 0 Å². The van der Waals surface area contributed by atoms with Crippen molar-refractivity contribution in [2.45, 2.75) is 6.18 Å². The van der Waals surface area contributed by atoms with Crippen molar-refractivity contribution in [3.05, 3.63) is 64.8 Å². The van der Waals surface area contributed by atoms with Gasteiger partial charge in [0.25, 0.3) is 5.91 Å². The molecule has 0 saturated carbocycles. The molecule has 0 saturated heterocycles. The highest BCUT2D eigenvalue weighted by atomic mass is 35.5. The second-order valence-corrected chi connectivity index (χ2v) is 5.30. The Morgan fingerprint density at radius 3 is 2.65 bits per heavy atom. The maximum absolute atomic E-state index is 12.8.